The van der Waals surface area contributed by atoms with Crippen molar-refractivity contribution in [2.24, 2.45) is 9.98 Å². The fraction of sp³-hybridized carbons (Fsp3) is 0. The van der Waals surface area contributed by atoms with Gasteiger partial charge < -0.3 is 5.48 Å². The van der Waals surface area contributed by atoms with Gasteiger partial charge in [-0.3, -0.25) is 0 Å². The summed E-state index contributed by atoms with van der Waals surface area (Å²) in [5.41, 5.74) is 1.29. The lowest BCUT2D eigenvalue weighted by Gasteiger charge is -1.83. The summed E-state index contributed by atoms with van der Waals surface area (Å²) in [4.78, 5) is 26.2. The van der Waals surface area contributed by atoms with E-state index in [9.17, 15) is 9.59 Å². The van der Waals surface area contributed by atoms with Crippen LogP contribution in [0.25, 0.3) is 0 Å². The first-order valence-electron chi connectivity index (χ1n) is 5.12. The lowest BCUT2D eigenvalue weighted by atomic mass is 10.3. The lowest BCUT2D eigenvalue weighted by molar-refractivity contribution is 0.564. The molecular weight excluding hydrogens is 244 g/mol. The van der Waals surface area contributed by atoms with E-state index in [1.54, 1.807) is 24.3 Å². The van der Waals surface area contributed by atoms with E-state index < -0.39 is 0 Å². The van der Waals surface area contributed by atoms with Gasteiger partial charge >= 0.3 is 0 Å². The molecule has 5 nitrogen and oxygen atoms in total. The molecule has 5 heteroatoms. The number of rotatable bonds is 2. The Kier molecular flexibility index (Phi) is 8.78. The highest BCUT2D eigenvalue weighted by molar-refractivity contribution is 5.48. The van der Waals surface area contributed by atoms with Crippen LogP contribution in [0.4, 0.5) is 11.4 Å². The minimum atomic E-state index is 0. The van der Waals surface area contributed by atoms with Crippen molar-refractivity contribution in [2.75, 3.05) is 0 Å². The van der Waals surface area contributed by atoms with E-state index >= 15 is 0 Å². The summed E-state index contributed by atoms with van der Waals surface area (Å²) >= 11 is 0. The van der Waals surface area contributed by atoms with Gasteiger partial charge in [-0.05, 0) is 24.3 Å². The summed E-state index contributed by atoms with van der Waals surface area (Å²) in [6.45, 7) is 0. The van der Waals surface area contributed by atoms with Gasteiger partial charge in [-0.2, -0.15) is 9.98 Å². The normalized spacial score (nSPS) is 7.58. The molecule has 2 N–H and O–H groups in total. The van der Waals surface area contributed by atoms with Crippen molar-refractivity contribution >= 4 is 23.5 Å². The van der Waals surface area contributed by atoms with Crippen molar-refractivity contribution in [3.63, 3.8) is 0 Å². The van der Waals surface area contributed by atoms with Crippen molar-refractivity contribution in [1.29, 1.82) is 0 Å². The highest BCUT2D eigenvalue weighted by atomic mass is 16.1. The summed E-state index contributed by atoms with van der Waals surface area (Å²) in [5.74, 6) is 0. The van der Waals surface area contributed by atoms with E-state index in [-0.39, 0.29) is 5.48 Å². The molecule has 2 aromatic carbocycles. The van der Waals surface area contributed by atoms with Crippen molar-refractivity contribution in [3.05, 3.63) is 60.7 Å². The molecule has 0 aromatic heterocycles. The van der Waals surface area contributed by atoms with E-state index in [0.29, 0.717) is 11.4 Å². The minimum Gasteiger partial charge on any atom is -0.412 e. The number of isocyanates is 2. The third-order valence-corrected chi connectivity index (χ3v) is 1.86. The maximum atomic E-state index is 9.68. The molecule has 0 unspecified atom stereocenters. The zero-order valence-corrected chi connectivity index (χ0v) is 9.98. The Morgan fingerprint density at radius 3 is 1.21 bits per heavy atom. The molecule has 0 aliphatic heterocycles. The maximum absolute atomic E-state index is 9.68. The number of carbonyl (C=O) groups excluding carboxylic acids is 2. The van der Waals surface area contributed by atoms with Gasteiger partial charge in [-0.25, -0.2) is 9.59 Å². The highest BCUT2D eigenvalue weighted by Crippen LogP contribution is 2.07. The van der Waals surface area contributed by atoms with Gasteiger partial charge in [-0.15, -0.1) is 0 Å². The Labute approximate surface area is 110 Å². The molecule has 96 valence electrons. The molecule has 0 radical (unpaired) electrons. The molecule has 19 heavy (non-hydrogen) atoms. The molecule has 0 amide bonds. The summed E-state index contributed by atoms with van der Waals surface area (Å²) in [6, 6.07) is 18.0. The number of hydrogen-bond acceptors (Lipinski definition) is 4. The number of aliphatic imine (C=N–C) groups is 2. The van der Waals surface area contributed by atoms with Crippen molar-refractivity contribution in [2.45, 2.75) is 0 Å². The monoisotopic (exact) mass is 256 g/mol. The Morgan fingerprint density at radius 1 is 0.632 bits per heavy atom. The Hall–Kier alpha value is -2.84. The predicted molar refractivity (Wildman–Crippen MR) is 72.1 cm³/mol. The Bertz CT molecular complexity index is 504. The minimum absolute atomic E-state index is 0. The third kappa shape index (κ3) is 7.15. The molecule has 2 aromatic rings. The van der Waals surface area contributed by atoms with Crippen molar-refractivity contribution in [3.8, 4) is 0 Å². The van der Waals surface area contributed by atoms with Crippen molar-refractivity contribution in [1.82, 2.24) is 0 Å². The SMILES string of the molecule is O.O=C=Nc1ccccc1.O=C=Nc1ccccc1. The van der Waals surface area contributed by atoms with E-state index in [2.05, 4.69) is 9.98 Å². The maximum Gasteiger partial charge on any atom is 0.240 e. The summed E-state index contributed by atoms with van der Waals surface area (Å²) in [5, 5.41) is 0. The Balaban J connectivity index is 0.000000324. The van der Waals surface area contributed by atoms with Crippen LogP contribution in [0.5, 0.6) is 0 Å². The zero-order valence-electron chi connectivity index (χ0n) is 9.98. The van der Waals surface area contributed by atoms with Gasteiger partial charge in [0.2, 0.25) is 12.2 Å². The lowest BCUT2D eigenvalue weighted by Crippen LogP contribution is -1.59. The highest BCUT2D eigenvalue weighted by Gasteiger charge is 1.80. The van der Waals surface area contributed by atoms with Gasteiger partial charge in [0.15, 0.2) is 0 Å². The first-order chi connectivity index (χ1) is 8.86. The second kappa shape index (κ2) is 10.3. The van der Waals surface area contributed by atoms with Gasteiger partial charge in [0.05, 0.1) is 11.4 Å². The molecule has 0 saturated heterocycles. The number of hydrogen-bond donors (Lipinski definition) is 0. The van der Waals surface area contributed by atoms with E-state index in [1.165, 1.54) is 12.2 Å². The standard InChI is InChI=1S/2C7H5NO.H2O/c2*9-6-8-7-4-2-1-3-5-7;/h2*1-5H;1H2. The van der Waals surface area contributed by atoms with Crippen LogP contribution in [0.1, 0.15) is 0 Å². The zero-order chi connectivity index (χ0) is 13.1. The third-order valence-electron chi connectivity index (χ3n) is 1.86. The largest absolute Gasteiger partial charge is 0.412 e. The van der Waals surface area contributed by atoms with E-state index in [0.717, 1.165) is 0 Å². The first kappa shape index (κ1) is 16.2. The molecule has 0 aliphatic rings. The Morgan fingerprint density at radius 2 is 0.947 bits per heavy atom. The van der Waals surface area contributed by atoms with Crippen LogP contribution in [0.3, 0.4) is 0 Å². The quantitative estimate of drug-likeness (QED) is 0.610. The summed E-state index contributed by atoms with van der Waals surface area (Å²) < 4.78 is 0. The van der Waals surface area contributed by atoms with Crippen LogP contribution in [-0.4, -0.2) is 17.6 Å². The van der Waals surface area contributed by atoms with Gasteiger partial charge in [0.1, 0.15) is 0 Å². The van der Waals surface area contributed by atoms with Crippen LogP contribution < -0.4 is 0 Å². The van der Waals surface area contributed by atoms with E-state index in [4.69, 9.17) is 0 Å². The second-order valence-electron chi connectivity index (χ2n) is 3.08. The average molecular weight is 256 g/mol. The van der Waals surface area contributed by atoms with Gasteiger partial charge in [0.25, 0.3) is 0 Å². The van der Waals surface area contributed by atoms with Crippen LogP contribution >= 0.6 is 0 Å². The molecule has 0 bridgehead atoms. The molecule has 0 fully saturated rings. The topological polar surface area (TPSA) is 90.4 Å². The van der Waals surface area contributed by atoms with E-state index in [1.807, 2.05) is 36.4 Å². The summed E-state index contributed by atoms with van der Waals surface area (Å²) in [7, 11) is 0. The van der Waals surface area contributed by atoms with Crippen LogP contribution in [0.2, 0.25) is 0 Å². The first-order valence-corrected chi connectivity index (χ1v) is 5.12. The average Bonchev–Trinajstić information content (AvgIpc) is 2.43. The van der Waals surface area contributed by atoms with Crippen LogP contribution in [0, 0.1) is 0 Å². The van der Waals surface area contributed by atoms with Crippen LogP contribution in [-0.2, 0) is 9.59 Å². The smallest absolute Gasteiger partial charge is 0.240 e. The molecule has 2 rings (SSSR count). The summed E-state index contributed by atoms with van der Waals surface area (Å²) in [6.07, 6.45) is 2.92. The number of nitrogens with zero attached hydrogens (tertiary/aromatic N) is 2. The molecule has 0 saturated carbocycles. The molecule has 0 heterocycles. The van der Waals surface area contributed by atoms with Gasteiger partial charge in [0, 0.05) is 0 Å². The van der Waals surface area contributed by atoms with Crippen LogP contribution in [0.15, 0.2) is 70.6 Å². The van der Waals surface area contributed by atoms with Gasteiger partial charge in [-0.1, -0.05) is 36.4 Å². The fourth-order valence-electron chi connectivity index (χ4n) is 1.11. The van der Waals surface area contributed by atoms with Crippen molar-refractivity contribution < 1.29 is 15.1 Å². The predicted octanol–water partition coefficient (Wildman–Crippen LogP) is 2.48. The number of para-hydroxylation sites is 2. The molecule has 0 aliphatic carbocycles. The molecule has 0 spiro atoms. The molecule has 0 atom stereocenters. The molecular formula is C14H12N2O3. The number of benzene rings is 2. The second-order valence-corrected chi connectivity index (χ2v) is 3.08. The fourth-order valence-corrected chi connectivity index (χ4v) is 1.11.